The predicted molar refractivity (Wildman–Crippen MR) is 83.9 cm³/mol. The van der Waals surface area contributed by atoms with E-state index in [-0.39, 0.29) is 0 Å². The Balaban J connectivity index is 6.06. The van der Waals surface area contributed by atoms with Gasteiger partial charge in [-0.2, -0.15) is 26.3 Å². The second-order valence-electron chi connectivity index (χ2n) is 6.94. The molecule has 30 heavy (non-hydrogen) atoms. The van der Waals surface area contributed by atoms with Crippen molar-refractivity contribution >= 4 is 23.8 Å². The molecule has 0 aliphatic rings. The molecule has 0 spiro atoms. The summed E-state index contributed by atoms with van der Waals surface area (Å²) in [6.45, 7) is 1.84. The monoisotopic (exact) mass is 456 g/mol. The van der Waals surface area contributed by atoms with Crippen LogP contribution in [0.2, 0.25) is 0 Å². The number of nitrogens with one attached hydrogen (secondary N) is 2. The molecule has 2 amide bonds. The molecule has 0 aromatic rings. The van der Waals surface area contributed by atoms with Crippen molar-refractivity contribution in [3.63, 3.8) is 0 Å². The van der Waals surface area contributed by atoms with Crippen LogP contribution in [0.25, 0.3) is 0 Å². The van der Waals surface area contributed by atoms with Gasteiger partial charge in [0.1, 0.15) is 24.4 Å². The zero-order valence-electron chi connectivity index (χ0n) is 15.8. The Kier molecular flexibility index (Phi) is 9.07. The molecule has 0 aromatic heterocycles. The lowest BCUT2D eigenvalue weighted by atomic mass is 9.96. The number of alkyl carbamates (subject to hydrolysis) is 1. The molecule has 0 rings (SSSR count). The first-order chi connectivity index (χ1) is 13.3. The molecule has 2 unspecified atom stereocenters. The topological polar surface area (TPSA) is 122 Å². The van der Waals surface area contributed by atoms with Crippen LogP contribution in [0.4, 0.5) is 35.5 Å². The summed E-state index contributed by atoms with van der Waals surface area (Å²) in [5.41, 5.74) is -1.37. The van der Waals surface area contributed by atoms with Gasteiger partial charge in [-0.3, -0.25) is 14.4 Å². The molecule has 0 bridgehead atoms. The Hall–Kier alpha value is -2.61. The van der Waals surface area contributed by atoms with E-state index >= 15 is 0 Å². The zero-order chi connectivity index (χ0) is 24.1. The molecule has 0 saturated carbocycles. The normalized spacial score (nSPS) is 14.6. The number of ether oxygens (including phenoxy) is 1. The minimum absolute atomic E-state index is 1.14. The van der Waals surface area contributed by atoms with Gasteiger partial charge in [0.25, 0.3) is 0 Å². The van der Waals surface area contributed by atoms with Crippen molar-refractivity contribution in [3.8, 4) is 0 Å². The second kappa shape index (κ2) is 9.93. The number of carboxylic acids is 1. The Morgan fingerprint density at radius 3 is 1.73 bits per heavy atom. The number of amides is 2. The van der Waals surface area contributed by atoms with Gasteiger partial charge in [0, 0.05) is 0 Å². The van der Waals surface area contributed by atoms with Crippen LogP contribution in [0, 0.1) is 5.92 Å². The molecule has 0 heterocycles. The van der Waals surface area contributed by atoms with Gasteiger partial charge in [0.05, 0.1) is 6.42 Å². The zero-order valence-corrected chi connectivity index (χ0v) is 15.8. The van der Waals surface area contributed by atoms with Gasteiger partial charge in [0.2, 0.25) is 5.91 Å². The Bertz CT molecular complexity index is 643. The maximum Gasteiger partial charge on any atom is 0.408 e. The van der Waals surface area contributed by atoms with E-state index in [0.29, 0.717) is 0 Å². The molecule has 0 aliphatic heterocycles. The number of hydrogen-bond acceptors (Lipinski definition) is 5. The lowest BCUT2D eigenvalue weighted by Gasteiger charge is -2.31. The highest BCUT2D eigenvalue weighted by Gasteiger charge is 2.62. The fraction of sp³-hybridized carbons (Fsp3) is 0.733. The van der Waals surface area contributed by atoms with E-state index < -0.39 is 72.8 Å². The van der Waals surface area contributed by atoms with Crippen LogP contribution >= 0.6 is 0 Å². The van der Waals surface area contributed by atoms with Crippen LogP contribution in [0.3, 0.4) is 0 Å². The predicted octanol–water partition coefficient (Wildman–Crippen LogP) is 2.12. The quantitative estimate of drug-likeness (QED) is 0.481. The maximum atomic E-state index is 13.1. The van der Waals surface area contributed by atoms with E-state index in [1.165, 1.54) is 26.1 Å². The van der Waals surface area contributed by atoms with Gasteiger partial charge in [-0.15, -0.1) is 0 Å². The third-order valence-electron chi connectivity index (χ3n) is 3.21. The Morgan fingerprint density at radius 2 is 1.40 bits per heavy atom. The summed E-state index contributed by atoms with van der Waals surface area (Å²) in [7, 11) is 0. The van der Waals surface area contributed by atoms with E-state index in [1.807, 2.05) is 0 Å². The van der Waals surface area contributed by atoms with E-state index in [4.69, 9.17) is 5.11 Å². The van der Waals surface area contributed by atoms with Crippen LogP contribution in [-0.2, 0) is 19.1 Å². The molecule has 174 valence electrons. The van der Waals surface area contributed by atoms with Crippen molar-refractivity contribution in [2.24, 2.45) is 5.92 Å². The van der Waals surface area contributed by atoms with Crippen LogP contribution in [0.5, 0.6) is 0 Å². The van der Waals surface area contributed by atoms with Crippen molar-refractivity contribution in [3.05, 3.63) is 0 Å². The van der Waals surface area contributed by atoms with E-state index in [1.54, 1.807) is 0 Å². The molecule has 0 aliphatic carbocycles. The van der Waals surface area contributed by atoms with Crippen LogP contribution < -0.4 is 10.6 Å². The summed E-state index contributed by atoms with van der Waals surface area (Å²) >= 11 is 0. The number of carbonyl (C=O) groups excluding carboxylic acids is 3. The lowest BCUT2D eigenvalue weighted by Crippen LogP contribution is -2.61. The number of aliphatic carboxylic acids is 1. The van der Waals surface area contributed by atoms with Crippen LogP contribution in [-0.4, -0.2) is 65.6 Å². The summed E-state index contributed by atoms with van der Waals surface area (Å²) in [4.78, 5) is 45.9. The van der Waals surface area contributed by atoms with E-state index in [2.05, 4.69) is 4.74 Å². The standard InChI is InChI=1S/C15H19F7N2O6/c1-13(2,3)30-12(29)24-9(10(14(17,18)19)15(20,21)22)11(28)23-6(4-8(26)27)7(25)5-16/h6,9-10H,4-5H2,1-3H3,(H,23,28)(H,24,29)(H,26,27). The lowest BCUT2D eigenvalue weighted by molar-refractivity contribution is -0.289. The van der Waals surface area contributed by atoms with Crippen molar-refractivity contribution in [1.29, 1.82) is 0 Å². The molecule has 0 aromatic carbocycles. The molecular formula is C15H19F7N2O6. The first-order valence-corrected chi connectivity index (χ1v) is 8.03. The number of hydrogen-bond donors (Lipinski definition) is 3. The number of Topliss-reactive ketones (excluding diaryl/α,β-unsaturated/α-hetero) is 1. The molecule has 0 fully saturated rings. The smallest absolute Gasteiger partial charge is 0.408 e. The summed E-state index contributed by atoms with van der Waals surface area (Å²) in [5.74, 6) is -10.1. The Labute approximate surface area is 165 Å². The minimum Gasteiger partial charge on any atom is -0.481 e. The summed E-state index contributed by atoms with van der Waals surface area (Å²) in [6.07, 6.45) is -15.3. The van der Waals surface area contributed by atoms with Crippen molar-refractivity contribution < 1.29 is 59.8 Å². The molecule has 8 nitrogen and oxygen atoms in total. The minimum atomic E-state index is -6.10. The highest BCUT2D eigenvalue weighted by atomic mass is 19.4. The van der Waals surface area contributed by atoms with Gasteiger partial charge in [-0.05, 0) is 20.8 Å². The van der Waals surface area contributed by atoms with Crippen LogP contribution in [0.15, 0.2) is 0 Å². The average molecular weight is 456 g/mol. The highest BCUT2D eigenvalue weighted by molar-refractivity contribution is 5.94. The van der Waals surface area contributed by atoms with Gasteiger partial charge in [0.15, 0.2) is 11.7 Å². The summed E-state index contributed by atoms with van der Waals surface area (Å²) in [5, 5.41) is 11.1. The molecular weight excluding hydrogens is 437 g/mol. The van der Waals surface area contributed by atoms with Gasteiger partial charge < -0.3 is 20.5 Å². The molecule has 15 heteroatoms. The van der Waals surface area contributed by atoms with Gasteiger partial charge >= 0.3 is 24.4 Å². The largest absolute Gasteiger partial charge is 0.481 e. The molecule has 3 N–H and O–H groups in total. The van der Waals surface area contributed by atoms with Crippen LogP contribution in [0.1, 0.15) is 27.2 Å². The fourth-order valence-corrected chi connectivity index (χ4v) is 2.07. The number of ketones is 1. The van der Waals surface area contributed by atoms with Crippen molar-refractivity contribution in [2.75, 3.05) is 6.67 Å². The first kappa shape index (κ1) is 27.4. The highest BCUT2D eigenvalue weighted by Crippen LogP contribution is 2.41. The van der Waals surface area contributed by atoms with Crippen molar-refractivity contribution in [2.45, 2.75) is 57.2 Å². The molecule has 0 radical (unpaired) electrons. The fourth-order valence-electron chi connectivity index (χ4n) is 2.07. The summed E-state index contributed by atoms with van der Waals surface area (Å²) < 4.78 is 95.5. The third kappa shape index (κ3) is 9.26. The number of rotatable bonds is 8. The number of carboxylic acid groups (broad SMARTS) is 1. The van der Waals surface area contributed by atoms with E-state index in [9.17, 15) is 49.9 Å². The molecule has 2 atom stereocenters. The van der Waals surface area contributed by atoms with Gasteiger partial charge in [-0.1, -0.05) is 0 Å². The van der Waals surface area contributed by atoms with Crippen molar-refractivity contribution in [1.82, 2.24) is 10.6 Å². The first-order valence-electron chi connectivity index (χ1n) is 8.03. The molecule has 0 saturated heterocycles. The number of halogens is 7. The SMILES string of the molecule is CC(C)(C)OC(=O)NC(C(=O)NC(CC(=O)O)C(=O)CF)C(C(F)(F)F)C(F)(F)F. The number of alkyl halides is 7. The summed E-state index contributed by atoms with van der Waals surface area (Å²) in [6, 6.07) is -5.67. The van der Waals surface area contributed by atoms with E-state index in [0.717, 1.165) is 5.32 Å². The average Bonchev–Trinajstić information content (AvgIpc) is 2.47. The second-order valence-corrected chi connectivity index (χ2v) is 6.94. The van der Waals surface area contributed by atoms with Gasteiger partial charge in [-0.25, -0.2) is 9.18 Å². The maximum absolute atomic E-state index is 13.1. The number of carbonyl (C=O) groups is 4. The Morgan fingerprint density at radius 1 is 0.933 bits per heavy atom. The third-order valence-corrected chi connectivity index (χ3v) is 3.21.